The lowest BCUT2D eigenvalue weighted by Gasteiger charge is -2.09. The number of rotatable bonds is 6. The molecule has 0 aliphatic heterocycles. The number of furan rings is 1. The molecule has 3 aromatic rings. The summed E-state index contributed by atoms with van der Waals surface area (Å²) in [7, 11) is 0. The summed E-state index contributed by atoms with van der Waals surface area (Å²) < 4.78 is 11.4. The predicted octanol–water partition coefficient (Wildman–Crippen LogP) is 5.08. The molecule has 0 spiro atoms. The number of ether oxygens (including phenoxy) is 1. The highest BCUT2D eigenvalue weighted by Gasteiger charge is 2.23. The van der Waals surface area contributed by atoms with Crippen LogP contribution in [0.5, 0.6) is 5.75 Å². The van der Waals surface area contributed by atoms with Gasteiger partial charge in [0.15, 0.2) is 5.76 Å². The van der Waals surface area contributed by atoms with Gasteiger partial charge in [-0.25, -0.2) is 0 Å². The second kappa shape index (κ2) is 6.97. The Hall–Kier alpha value is -2.46. The van der Waals surface area contributed by atoms with Gasteiger partial charge in [0.2, 0.25) is 5.78 Å². The van der Waals surface area contributed by atoms with E-state index in [9.17, 15) is 4.79 Å². The molecule has 0 aliphatic rings. The second-order valence-corrected chi connectivity index (χ2v) is 5.95. The van der Waals surface area contributed by atoms with E-state index in [1.165, 1.54) is 0 Å². The molecule has 1 aromatic heterocycles. The number of hydrogen-bond donors (Lipinski definition) is 1. The molecule has 0 bridgehead atoms. The zero-order valence-electron chi connectivity index (χ0n) is 13.3. The summed E-state index contributed by atoms with van der Waals surface area (Å²) in [6.07, 6.45) is 1.95. The van der Waals surface area contributed by atoms with E-state index >= 15 is 0 Å². The zero-order valence-corrected chi connectivity index (χ0v) is 14.1. The molecular weight excluding hydrogens is 326 g/mol. The van der Waals surface area contributed by atoms with Crippen molar-refractivity contribution < 1.29 is 13.9 Å². The first-order valence-electron chi connectivity index (χ1n) is 7.86. The zero-order chi connectivity index (χ0) is 17.1. The highest BCUT2D eigenvalue weighted by Crippen LogP contribution is 2.33. The Labute approximate surface area is 145 Å². The van der Waals surface area contributed by atoms with Crippen molar-refractivity contribution in [3.63, 3.8) is 0 Å². The van der Waals surface area contributed by atoms with Crippen molar-refractivity contribution in [2.75, 3.05) is 12.3 Å². The molecule has 3 rings (SSSR count). The fourth-order valence-electron chi connectivity index (χ4n) is 2.49. The predicted molar refractivity (Wildman–Crippen MR) is 95.9 cm³/mol. The molecule has 0 atom stereocenters. The molecule has 0 unspecified atom stereocenters. The minimum absolute atomic E-state index is 0.110. The first-order chi connectivity index (χ1) is 11.6. The molecule has 5 heteroatoms. The van der Waals surface area contributed by atoms with Crippen LogP contribution in [0.15, 0.2) is 46.9 Å². The molecule has 0 fully saturated rings. The maximum Gasteiger partial charge on any atom is 0.234 e. The van der Waals surface area contributed by atoms with Crippen LogP contribution >= 0.6 is 11.6 Å². The van der Waals surface area contributed by atoms with Gasteiger partial charge in [-0.1, -0.05) is 37.1 Å². The number of nitrogens with two attached hydrogens (primary N) is 1. The van der Waals surface area contributed by atoms with Crippen molar-refractivity contribution in [2.24, 2.45) is 0 Å². The largest absolute Gasteiger partial charge is 0.493 e. The SMILES string of the molecule is CCCCOc1ccccc1C(=O)c1oc2ccc(Cl)cc2c1N. The smallest absolute Gasteiger partial charge is 0.234 e. The highest BCUT2D eigenvalue weighted by molar-refractivity contribution is 6.31. The fraction of sp³-hybridized carbons (Fsp3) is 0.211. The van der Waals surface area contributed by atoms with E-state index in [-0.39, 0.29) is 11.5 Å². The van der Waals surface area contributed by atoms with Gasteiger partial charge in [0, 0.05) is 10.4 Å². The third kappa shape index (κ3) is 3.10. The van der Waals surface area contributed by atoms with Gasteiger partial charge in [-0.2, -0.15) is 0 Å². The Kier molecular flexibility index (Phi) is 4.76. The molecule has 0 radical (unpaired) electrons. The molecule has 0 saturated carbocycles. The van der Waals surface area contributed by atoms with Crippen molar-refractivity contribution in [2.45, 2.75) is 19.8 Å². The summed E-state index contributed by atoms with van der Waals surface area (Å²) in [5.41, 5.74) is 7.36. The highest BCUT2D eigenvalue weighted by atomic mass is 35.5. The molecule has 2 aromatic carbocycles. The number of carbonyl (C=O) groups excluding carboxylic acids is 1. The van der Waals surface area contributed by atoms with Crippen LogP contribution in [0, 0.1) is 0 Å². The van der Waals surface area contributed by atoms with E-state index in [4.69, 9.17) is 26.5 Å². The number of nitrogen functional groups attached to an aromatic ring is 1. The molecule has 0 saturated heterocycles. The van der Waals surface area contributed by atoms with Gasteiger partial charge in [0.25, 0.3) is 0 Å². The third-order valence-corrected chi connectivity index (χ3v) is 4.02. The maximum absolute atomic E-state index is 12.9. The average Bonchev–Trinajstić information content (AvgIpc) is 2.91. The molecule has 0 amide bonds. The minimum Gasteiger partial charge on any atom is -0.493 e. The van der Waals surface area contributed by atoms with Crippen molar-refractivity contribution in [3.05, 3.63) is 58.8 Å². The van der Waals surface area contributed by atoms with Crippen LogP contribution < -0.4 is 10.5 Å². The molecule has 2 N–H and O–H groups in total. The summed E-state index contributed by atoms with van der Waals surface area (Å²) in [6, 6.07) is 12.2. The Morgan fingerprint density at radius 3 is 2.83 bits per heavy atom. The van der Waals surface area contributed by atoms with Crippen LogP contribution in [0.1, 0.15) is 35.9 Å². The van der Waals surface area contributed by atoms with Crippen molar-refractivity contribution in [1.82, 2.24) is 0 Å². The Bertz CT molecular complexity index is 885. The van der Waals surface area contributed by atoms with Gasteiger partial charge in [0.05, 0.1) is 17.9 Å². The van der Waals surface area contributed by atoms with E-state index in [0.717, 1.165) is 12.8 Å². The first-order valence-corrected chi connectivity index (χ1v) is 8.23. The van der Waals surface area contributed by atoms with Gasteiger partial charge >= 0.3 is 0 Å². The van der Waals surface area contributed by atoms with Gasteiger partial charge in [-0.15, -0.1) is 0 Å². The van der Waals surface area contributed by atoms with Gasteiger partial charge in [0.1, 0.15) is 11.3 Å². The maximum atomic E-state index is 12.9. The lowest BCUT2D eigenvalue weighted by atomic mass is 10.1. The van der Waals surface area contributed by atoms with Crippen LogP contribution in [-0.2, 0) is 0 Å². The standard InChI is InChI=1S/C19H18ClNO3/c1-2-3-10-23-15-7-5-4-6-13(15)18(22)19-17(21)14-11-12(20)8-9-16(14)24-19/h4-9,11H,2-3,10,21H2,1H3. The summed E-state index contributed by atoms with van der Waals surface area (Å²) in [5.74, 6) is 0.347. The van der Waals surface area contributed by atoms with Gasteiger partial charge < -0.3 is 14.9 Å². The van der Waals surface area contributed by atoms with E-state index in [2.05, 4.69) is 6.92 Å². The van der Waals surface area contributed by atoms with Crippen molar-refractivity contribution >= 4 is 34.0 Å². The summed E-state index contributed by atoms with van der Waals surface area (Å²) in [6.45, 7) is 2.65. The second-order valence-electron chi connectivity index (χ2n) is 5.51. The van der Waals surface area contributed by atoms with Gasteiger partial charge in [-0.05, 0) is 36.8 Å². The average molecular weight is 344 g/mol. The number of fused-ring (bicyclic) bond motifs is 1. The number of carbonyl (C=O) groups is 1. The lowest BCUT2D eigenvalue weighted by Crippen LogP contribution is -2.07. The minimum atomic E-state index is -0.299. The number of benzene rings is 2. The normalized spacial score (nSPS) is 10.9. The summed E-state index contributed by atoms with van der Waals surface area (Å²) in [5, 5.41) is 1.17. The molecule has 24 heavy (non-hydrogen) atoms. The molecule has 124 valence electrons. The van der Waals surface area contributed by atoms with E-state index in [0.29, 0.717) is 39.6 Å². The topological polar surface area (TPSA) is 65.5 Å². The third-order valence-electron chi connectivity index (χ3n) is 3.78. The number of para-hydroxylation sites is 1. The van der Waals surface area contributed by atoms with Crippen LogP contribution in [0.2, 0.25) is 5.02 Å². The lowest BCUT2D eigenvalue weighted by molar-refractivity contribution is 0.101. The van der Waals surface area contributed by atoms with Crippen molar-refractivity contribution in [3.8, 4) is 5.75 Å². The number of anilines is 1. The number of hydrogen-bond acceptors (Lipinski definition) is 4. The van der Waals surface area contributed by atoms with E-state index in [1.807, 2.05) is 6.07 Å². The number of halogens is 1. The summed E-state index contributed by atoms with van der Waals surface area (Å²) in [4.78, 5) is 12.9. The van der Waals surface area contributed by atoms with Crippen LogP contribution in [0.3, 0.4) is 0 Å². The molecule has 0 aliphatic carbocycles. The first kappa shape index (κ1) is 16.4. The number of ketones is 1. The van der Waals surface area contributed by atoms with Crippen LogP contribution in [-0.4, -0.2) is 12.4 Å². The van der Waals surface area contributed by atoms with E-state index < -0.39 is 0 Å². The molecular formula is C19H18ClNO3. The van der Waals surface area contributed by atoms with E-state index in [1.54, 1.807) is 36.4 Å². The van der Waals surface area contributed by atoms with Crippen LogP contribution in [0.25, 0.3) is 11.0 Å². The fourth-order valence-corrected chi connectivity index (χ4v) is 2.66. The molecule has 1 heterocycles. The Morgan fingerprint density at radius 1 is 1.25 bits per heavy atom. The Morgan fingerprint density at radius 2 is 2.04 bits per heavy atom. The number of unbranched alkanes of at least 4 members (excludes halogenated alkanes) is 1. The Balaban J connectivity index is 1.99. The quantitative estimate of drug-likeness (QED) is 0.500. The monoisotopic (exact) mass is 343 g/mol. The summed E-state index contributed by atoms with van der Waals surface area (Å²) >= 11 is 5.99. The van der Waals surface area contributed by atoms with Crippen molar-refractivity contribution in [1.29, 1.82) is 0 Å². The van der Waals surface area contributed by atoms with Crippen LogP contribution in [0.4, 0.5) is 5.69 Å². The van der Waals surface area contributed by atoms with Gasteiger partial charge in [-0.3, -0.25) is 4.79 Å². The molecule has 4 nitrogen and oxygen atoms in total.